The van der Waals surface area contributed by atoms with Gasteiger partial charge in [-0.2, -0.15) is 0 Å². The van der Waals surface area contributed by atoms with Gasteiger partial charge in [0.05, 0.1) is 11.0 Å². The van der Waals surface area contributed by atoms with E-state index in [2.05, 4.69) is 63.5 Å². The molecule has 0 radical (unpaired) electrons. The predicted octanol–water partition coefficient (Wildman–Crippen LogP) is 3.26. The maximum atomic E-state index is 4.70. The number of aliphatic imine (C=N–C) groups is 1. The van der Waals surface area contributed by atoms with Crippen LogP contribution in [0.25, 0.3) is 11.0 Å². The number of rotatable bonds is 7. The lowest BCUT2D eigenvalue weighted by Gasteiger charge is -2.11. The number of hydrogen-bond donors (Lipinski definition) is 2. The van der Waals surface area contributed by atoms with Crippen molar-refractivity contribution in [3.05, 3.63) is 66.0 Å². The minimum atomic E-state index is 0.555. The van der Waals surface area contributed by atoms with Crippen molar-refractivity contribution in [1.29, 1.82) is 0 Å². The first-order valence-electron chi connectivity index (χ1n) is 9.24. The molecule has 1 heterocycles. The number of nitrogens with one attached hydrogen (secondary N) is 2. The fraction of sp³-hybridized carbons (Fsp3) is 0.333. The van der Waals surface area contributed by atoms with E-state index >= 15 is 0 Å². The molecule has 2 aromatic carbocycles. The highest BCUT2D eigenvalue weighted by molar-refractivity contribution is 5.80. The average Bonchev–Trinajstić information content (AvgIpc) is 3.00. The van der Waals surface area contributed by atoms with Gasteiger partial charge in [0, 0.05) is 20.1 Å². The van der Waals surface area contributed by atoms with E-state index in [1.54, 1.807) is 0 Å². The van der Waals surface area contributed by atoms with E-state index in [1.165, 1.54) is 5.56 Å². The third-order valence-corrected chi connectivity index (χ3v) is 4.38. The molecule has 3 aromatic rings. The molecule has 0 atom stereocenters. The number of fused-ring (bicyclic) bond motifs is 1. The highest BCUT2D eigenvalue weighted by Gasteiger charge is 2.06. The molecule has 0 unspecified atom stereocenters. The van der Waals surface area contributed by atoms with Crippen molar-refractivity contribution in [3.63, 3.8) is 0 Å². The lowest BCUT2D eigenvalue weighted by molar-refractivity contribution is 0.736. The third-order valence-electron chi connectivity index (χ3n) is 4.38. The van der Waals surface area contributed by atoms with Crippen LogP contribution in [0.15, 0.2) is 59.6 Å². The summed E-state index contributed by atoms with van der Waals surface area (Å²) in [6.45, 7) is 4.37. The number of guanidine groups is 1. The monoisotopic (exact) mass is 349 g/mol. The molecule has 0 saturated heterocycles. The largest absolute Gasteiger partial charge is 0.357 e. The number of nitrogens with zero attached hydrogens (tertiary/aromatic N) is 3. The van der Waals surface area contributed by atoms with Gasteiger partial charge in [-0.25, -0.2) is 9.98 Å². The van der Waals surface area contributed by atoms with Gasteiger partial charge in [0.15, 0.2) is 5.96 Å². The van der Waals surface area contributed by atoms with E-state index in [0.29, 0.717) is 6.54 Å². The summed E-state index contributed by atoms with van der Waals surface area (Å²) in [5.41, 5.74) is 3.52. The van der Waals surface area contributed by atoms with E-state index in [-0.39, 0.29) is 0 Å². The fourth-order valence-electron chi connectivity index (χ4n) is 2.97. The topological polar surface area (TPSA) is 54.2 Å². The van der Waals surface area contributed by atoms with Crippen molar-refractivity contribution in [2.45, 2.75) is 26.3 Å². The Labute approximate surface area is 155 Å². The van der Waals surface area contributed by atoms with Gasteiger partial charge in [-0.1, -0.05) is 42.5 Å². The maximum absolute atomic E-state index is 4.70. The second kappa shape index (κ2) is 9.04. The number of hydrogen-bond acceptors (Lipinski definition) is 2. The average molecular weight is 349 g/mol. The number of aryl methyl sites for hydroxylation is 2. The Morgan fingerprint density at radius 1 is 1.04 bits per heavy atom. The van der Waals surface area contributed by atoms with Gasteiger partial charge in [-0.15, -0.1) is 0 Å². The number of imidazole rings is 1. The number of benzene rings is 2. The third kappa shape index (κ3) is 4.63. The second-order valence-electron chi connectivity index (χ2n) is 6.29. The highest BCUT2D eigenvalue weighted by Crippen LogP contribution is 2.14. The van der Waals surface area contributed by atoms with E-state index in [0.717, 1.165) is 48.7 Å². The molecule has 5 heteroatoms. The Kier molecular flexibility index (Phi) is 6.25. The first-order valence-corrected chi connectivity index (χ1v) is 9.24. The van der Waals surface area contributed by atoms with Crippen LogP contribution < -0.4 is 10.6 Å². The molecule has 2 N–H and O–H groups in total. The molecule has 0 amide bonds. The number of aromatic nitrogens is 2. The summed E-state index contributed by atoms with van der Waals surface area (Å²) in [5, 5.41) is 6.72. The van der Waals surface area contributed by atoms with Crippen LogP contribution in [0.3, 0.4) is 0 Å². The summed E-state index contributed by atoms with van der Waals surface area (Å²) < 4.78 is 2.11. The van der Waals surface area contributed by atoms with Crippen LogP contribution in [-0.4, -0.2) is 28.6 Å². The minimum absolute atomic E-state index is 0.555. The lowest BCUT2D eigenvalue weighted by Crippen LogP contribution is -2.37. The van der Waals surface area contributed by atoms with E-state index in [9.17, 15) is 0 Å². The Morgan fingerprint density at radius 2 is 1.81 bits per heavy atom. The van der Waals surface area contributed by atoms with Gasteiger partial charge in [0.2, 0.25) is 0 Å². The van der Waals surface area contributed by atoms with Crippen LogP contribution >= 0.6 is 0 Å². The molecule has 3 rings (SSSR count). The van der Waals surface area contributed by atoms with Gasteiger partial charge in [-0.3, -0.25) is 0 Å². The van der Waals surface area contributed by atoms with Gasteiger partial charge in [-0.05, 0) is 37.5 Å². The molecule has 0 saturated carbocycles. The van der Waals surface area contributed by atoms with Gasteiger partial charge in [0.25, 0.3) is 0 Å². The standard InChI is InChI=1S/C21H27N5/c1-3-22-21(23-15-9-12-17-10-5-4-6-11-17)24-16-20-25-18-13-7-8-14-19(18)26(20)2/h4-8,10-11,13-14H,3,9,12,15-16H2,1-2H3,(H2,22,23,24). The Hall–Kier alpha value is -2.82. The summed E-state index contributed by atoms with van der Waals surface area (Å²) in [5.74, 6) is 1.81. The van der Waals surface area contributed by atoms with Crippen molar-refractivity contribution in [3.8, 4) is 0 Å². The predicted molar refractivity (Wildman–Crippen MR) is 108 cm³/mol. The van der Waals surface area contributed by atoms with Crippen LogP contribution in [-0.2, 0) is 20.0 Å². The van der Waals surface area contributed by atoms with E-state index in [1.807, 2.05) is 25.2 Å². The number of para-hydroxylation sites is 2. The summed E-state index contributed by atoms with van der Waals surface area (Å²) in [4.78, 5) is 9.38. The Morgan fingerprint density at radius 3 is 2.58 bits per heavy atom. The van der Waals surface area contributed by atoms with Gasteiger partial charge < -0.3 is 15.2 Å². The molecule has 0 bridgehead atoms. The quantitative estimate of drug-likeness (QED) is 0.391. The molecular formula is C21H27N5. The molecule has 0 fully saturated rings. The lowest BCUT2D eigenvalue weighted by atomic mass is 10.1. The molecular weight excluding hydrogens is 322 g/mol. The van der Waals surface area contributed by atoms with Crippen LogP contribution in [0.1, 0.15) is 24.7 Å². The van der Waals surface area contributed by atoms with Crippen LogP contribution in [0, 0.1) is 0 Å². The summed E-state index contributed by atoms with van der Waals surface area (Å²) in [6.07, 6.45) is 2.14. The zero-order valence-electron chi connectivity index (χ0n) is 15.6. The van der Waals surface area contributed by atoms with E-state index < -0.39 is 0 Å². The molecule has 0 aliphatic carbocycles. The first kappa shape index (κ1) is 18.0. The zero-order valence-corrected chi connectivity index (χ0v) is 15.6. The molecule has 26 heavy (non-hydrogen) atoms. The van der Waals surface area contributed by atoms with Crippen molar-refractivity contribution in [2.24, 2.45) is 12.0 Å². The highest BCUT2D eigenvalue weighted by atomic mass is 15.2. The molecule has 0 aliphatic rings. The molecule has 0 aliphatic heterocycles. The first-order chi connectivity index (χ1) is 12.8. The summed E-state index contributed by atoms with van der Waals surface area (Å²) in [7, 11) is 2.04. The molecule has 5 nitrogen and oxygen atoms in total. The molecule has 136 valence electrons. The normalized spacial score (nSPS) is 11.7. The minimum Gasteiger partial charge on any atom is -0.357 e. The van der Waals surface area contributed by atoms with Gasteiger partial charge >= 0.3 is 0 Å². The smallest absolute Gasteiger partial charge is 0.191 e. The van der Waals surface area contributed by atoms with Crippen molar-refractivity contribution in [2.75, 3.05) is 13.1 Å². The van der Waals surface area contributed by atoms with Crippen molar-refractivity contribution >= 4 is 17.0 Å². The summed E-state index contributed by atoms with van der Waals surface area (Å²) >= 11 is 0. The fourth-order valence-corrected chi connectivity index (χ4v) is 2.97. The van der Waals surface area contributed by atoms with Crippen LogP contribution in [0.5, 0.6) is 0 Å². The van der Waals surface area contributed by atoms with Crippen LogP contribution in [0.2, 0.25) is 0 Å². The molecule has 0 spiro atoms. The van der Waals surface area contributed by atoms with E-state index in [4.69, 9.17) is 4.99 Å². The SMILES string of the molecule is CCNC(=NCc1nc2ccccc2n1C)NCCCc1ccccc1. The van der Waals surface area contributed by atoms with Crippen molar-refractivity contribution in [1.82, 2.24) is 20.2 Å². The second-order valence-corrected chi connectivity index (χ2v) is 6.29. The van der Waals surface area contributed by atoms with Crippen LogP contribution in [0.4, 0.5) is 0 Å². The molecule has 1 aromatic heterocycles. The zero-order chi connectivity index (χ0) is 18.2. The Balaban J connectivity index is 1.57. The Bertz CT molecular complexity index is 851. The van der Waals surface area contributed by atoms with Gasteiger partial charge in [0.1, 0.15) is 12.4 Å². The maximum Gasteiger partial charge on any atom is 0.191 e. The van der Waals surface area contributed by atoms with Crippen molar-refractivity contribution < 1.29 is 0 Å². The summed E-state index contributed by atoms with van der Waals surface area (Å²) in [6, 6.07) is 18.7.